The summed E-state index contributed by atoms with van der Waals surface area (Å²) < 4.78 is 14.5. The Labute approximate surface area is 143 Å². The molecule has 128 valence electrons. The van der Waals surface area contributed by atoms with Crippen LogP contribution in [-0.4, -0.2) is 29.6 Å². The molecule has 0 aromatic heterocycles. The first-order chi connectivity index (χ1) is 11.6. The Morgan fingerprint density at radius 1 is 1.17 bits per heavy atom. The molecule has 1 heterocycles. The van der Waals surface area contributed by atoms with E-state index >= 15 is 0 Å². The first-order valence-electron chi connectivity index (χ1n) is 8.80. The second-order valence-electron chi connectivity index (χ2n) is 7.00. The van der Waals surface area contributed by atoms with E-state index in [2.05, 4.69) is 11.9 Å². The lowest BCUT2D eigenvalue weighted by molar-refractivity contribution is 0.171. The normalized spacial score (nSPS) is 20.0. The van der Waals surface area contributed by atoms with Gasteiger partial charge < -0.3 is 10.0 Å². The quantitative estimate of drug-likeness (QED) is 0.868. The maximum Gasteiger partial charge on any atom is 0.127 e. The van der Waals surface area contributed by atoms with E-state index in [-0.39, 0.29) is 17.5 Å². The fourth-order valence-corrected chi connectivity index (χ4v) is 3.85. The number of phenolic OH excluding ortho intramolecular Hbond substituents is 1. The molecule has 2 aromatic rings. The summed E-state index contributed by atoms with van der Waals surface area (Å²) in [5, 5.41) is 10.4. The summed E-state index contributed by atoms with van der Waals surface area (Å²) in [6.07, 6.45) is 4.41. The van der Waals surface area contributed by atoms with Crippen molar-refractivity contribution in [2.45, 2.75) is 44.6 Å². The molecule has 2 atom stereocenters. The molecule has 3 heteroatoms. The van der Waals surface area contributed by atoms with E-state index in [1.54, 1.807) is 12.1 Å². The van der Waals surface area contributed by atoms with Crippen LogP contribution in [0, 0.1) is 12.7 Å². The van der Waals surface area contributed by atoms with Gasteiger partial charge in [-0.25, -0.2) is 4.39 Å². The van der Waals surface area contributed by atoms with Crippen molar-refractivity contribution >= 4 is 0 Å². The topological polar surface area (TPSA) is 23.5 Å². The van der Waals surface area contributed by atoms with Gasteiger partial charge in [0.2, 0.25) is 0 Å². The van der Waals surface area contributed by atoms with E-state index in [1.807, 2.05) is 31.2 Å². The van der Waals surface area contributed by atoms with Crippen molar-refractivity contribution in [3.63, 3.8) is 0 Å². The zero-order valence-corrected chi connectivity index (χ0v) is 14.5. The number of aryl methyl sites for hydroxylation is 1. The molecule has 24 heavy (non-hydrogen) atoms. The number of hydrogen-bond acceptors (Lipinski definition) is 2. The van der Waals surface area contributed by atoms with Gasteiger partial charge >= 0.3 is 0 Å². The van der Waals surface area contributed by atoms with E-state index < -0.39 is 0 Å². The fraction of sp³-hybridized carbons (Fsp3) is 0.429. The molecular formula is C21H26FNO. The van der Waals surface area contributed by atoms with Crippen LogP contribution in [0.4, 0.5) is 4.39 Å². The van der Waals surface area contributed by atoms with Gasteiger partial charge in [-0.15, -0.1) is 0 Å². The van der Waals surface area contributed by atoms with Crippen LogP contribution in [-0.2, 0) is 0 Å². The third kappa shape index (κ3) is 3.62. The van der Waals surface area contributed by atoms with Crippen molar-refractivity contribution in [1.82, 2.24) is 4.90 Å². The summed E-state index contributed by atoms with van der Waals surface area (Å²) in [5.74, 6) is -0.0640. The summed E-state index contributed by atoms with van der Waals surface area (Å²) in [6.45, 7) is 3.10. The van der Waals surface area contributed by atoms with Crippen molar-refractivity contribution < 1.29 is 9.50 Å². The highest BCUT2D eigenvalue weighted by molar-refractivity contribution is 5.44. The molecule has 1 N–H and O–H groups in total. The molecule has 1 aliphatic rings. The predicted molar refractivity (Wildman–Crippen MR) is 96.0 cm³/mol. The largest absolute Gasteiger partial charge is 0.508 e. The highest BCUT2D eigenvalue weighted by Crippen LogP contribution is 2.38. The van der Waals surface area contributed by atoms with Crippen molar-refractivity contribution in [3.05, 3.63) is 65.0 Å². The van der Waals surface area contributed by atoms with Crippen LogP contribution in [0.5, 0.6) is 5.75 Å². The Morgan fingerprint density at radius 3 is 2.71 bits per heavy atom. The smallest absolute Gasteiger partial charge is 0.127 e. The molecule has 1 aliphatic heterocycles. The summed E-state index contributed by atoms with van der Waals surface area (Å²) >= 11 is 0. The second-order valence-corrected chi connectivity index (χ2v) is 7.00. The van der Waals surface area contributed by atoms with Gasteiger partial charge in [0.1, 0.15) is 11.6 Å². The van der Waals surface area contributed by atoms with Gasteiger partial charge in [-0.2, -0.15) is 0 Å². The zero-order chi connectivity index (χ0) is 17.1. The number of nitrogens with zero attached hydrogens (tertiary/aromatic N) is 1. The Balaban J connectivity index is 2.00. The number of halogens is 1. The third-order valence-corrected chi connectivity index (χ3v) is 5.27. The van der Waals surface area contributed by atoms with Gasteiger partial charge in [0, 0.05) is 17.5 Å². The number of likely N-dealkylation sites (tertiary alicyclic amines) is 1. The number of rotatable bonds is 4. The van der Waals surface area contributed by atoms with Gasteiger partial charge in [0.25, 0.3) is 0 Å². The SMILES string of the molecule is Cc1ccc(O)c(C(CC2CCCCN2C)c2ccccc2F)c1. The minimum Gasteiger partial charge on any atom is -0.508 e. The number of piperidine rings is 1. The average Bonchev–Trinajstić information content (AvgIpc) is 2.57. The monoisotopic (exact) mass is 327 g/mol. The summed E-state index contributed by atoms with van der Waals surface area (Å²) in [6, 6.07) is 13.0. The van der Waals surface area contributed by atoms with Crippen LogP contribution in [0.15, 0.2) is 42.5 Å². The number of phenols is 1. The van der Waals surface area contributed by atoms with Crippen LogP contribution in [0.3, 0.4) is 0 Å². The van der Waals surface area contributed by atoms with Crippen molar-refractivity contribution in [3.8, 4) is 5.75 Å². The maximum absolute atomic E-state index is 14.5. The van der Waals surface area contributed by atoms with Crippen LogP contribution < -0.4 is 0 Å². The van der Waals surface area contributed by atoms with Crippen molar-refractivity contribution in [2.24, 2.45) is 0 Å². The highest BCUT2D eigenvalue weighted by Gasteiger charge is 2.27. The van der Waals surface area contributed by atoms with Crippen molar-refractivity contribution in [1.29, 1.82) is 0 Å². The zero-order valence-electron chi connectivity index (χ0n) is 14.5. The van der Waals surface area contributed by atoms with Crippen LogP contribution in [0.25, 0.3) is 0 Å². The van der Waals surface area contributed by atoms with E-state index in [9.17, 15) is 9.50 Å². The Kier molecular flexibility index (Phi) is 5.20. The molecule has 1 fully saturated rings. The molecule has 3 rings (SSSR count). The standard InChI is InChI=1S/C21H26FNO/c1-15-10-11-21(24)19(13-15)18(17-8-3-4-9-20(17)22)14-16-7-5-6-12-23(16)2/h3-4,8-11,13,16,18,24H,5-7,12,14H2,1-2H3. The first-order valence-corrected chi connectivity index (χ1v) is 8.80. The molecule has 0 aliphatic carbocycles. The van der Waals surface area contributed by atoms with Crippen LogP contribution >= 0.6 is 0 Å². The molecule has 1 saturated heterocycles. The fourth-order valence-electron chi connectivity index (χ4n) is 3.85. The van der Waals surface area contributed by atoms with Crippen LogP contribution in [0.2, 0.25) is 0 Å². The summed E-state index contributed by atoms with van der Waals surface area (Å²) in [5.41, 5.74) is 2.59. The molecular weight excluding hydrogens is 301 g/mol. The second kappa shape index (κ2) is 7.35. The lowest BCUT2D eigenvalue weighted by Crippen LogP contribution is -2.37. The Hall–Kier alpha value is -1.87. The first kappa shape index (κ1) is 17.0. The van der Waals surface area contributed by atoms with Gasteiger partial charge in [0.15, 0.2) is 0 Å². The lowest BCUT2D eigenvalue weighted by atomic mass is 9.82. The minimum atomic E-state index is -0.193. The van der Waals surface area contributed by atoms with Gasteiger partial charge in [-0.3, -0.25) is 0 Å². The van der Waals surface area contributed by atoms with E-state index in [0.717, 1.165) is 30.5 Å². The van der Waals surface area contributed by atoms with Crippen LogP contribution in [0.1, 0.15) is 48.3 Å². The Bertz CT molecular complexity index is 700. The predicted octanol–water partition coefficient (Wildman–Crippen LogP) is 4.85. The molecule has 0 bridgehead atoms. The third-order valence-electron chi connectivity index (χ3n) is 5.27. The number of benzene rings is 2. The summed E-state index contributed by atoms with van der Waals surface area (Å²) in [4.78, 5) is 2.38. The van der Waals surface area contributed by atoms with Gasteiger partial charge in [-0.05, 0) is 57.5 Å². The van der Waals surface area contributed by atoms with Crippen molar-refractivity contribution in [2.75, 3.05) is 13.6 Å². The molecule has 0 amide bonds. The summed E-state index contributed by atoms with van der Waals surface area (Å²) in [7, 11) is 2.15. The molecule has 0 saturated carbocycles. The lowest BCUT2D eigenvalue weighted by Gasteiger charge is -2.35. The van der Waals surface area contributed by atoms with Gasteiger partial charge in [-0.1, -0.05) is 42.3 Å². The maximum atomic E-state index is 14.5. The Morgan fingerprint density at radius 2 is 1.96 bits per heavy atom. The highest BCUT2D eigenvalue weighted by atomic mass is 19.1. The average molecular weight is 327 g/mol. The molecule has 0 radical (unpaired) electrons. The molecule has 2 nitrogen and oxygen atoms in total. The molecule has 0 spiro atoms. The number of aromatic hydroxyl groups is 1. The molecule has 2 unspecified atom stereocenters. The van der Waals surface area contributed by atoms with E-state index in [0.29, 0.717) is 11.6 Å². The van der Waals surface area contributed by atoms with E-state index in [4.69, 9.17) is 0 Å². The van der Waals surface area contributed by atoms with E-state index in [1.165, 1.54) is 18.9 Å². The van der Waals surface area contributed by atoms with Gasteiger partial charge in [0.05, 0.1) is 0 Å². The molecule has 2 aromatic carbocycles. The minimum absolute atomic E-state index is 0.128. The number of hydrogen-bond donors (Lipinski definition) is 1.